The van der Waals surface area contributed by atoms with Gasteiger partial charge in [0.25, 0.3) is 0 Å². The number of nitrogens with zero attached hydrogens (tertiary/aromatic N) is 1. The second kappa shape index (κ2) is 6.73. The van der Waals surface area contributed by atoms with Crippen LogP contribution in [0.1, 0.15) is 5.56 Å². The van der Waals surface area contributed by atoms with Gasteiger partial charge in [0.15, 0.2) is 11.5 Å². The van der Waals surface area contributed by atoms with Gasteiger partial charge < -0.3 is 19.4 Å². The van der Waals surface area contributed by atoms with Crippen molar-refractivity contribution in [3.05, 3.63) is 72.6 Å². The summed E-state index contributed by atoms with van der Waals surface area (Å²) in [5.41, 5.74) is 2.74. The highest BCUT2D eigenvalue weighted by atomic mass is 16.6. The molecule has 0 atom stereocenters. The summed E-state index contributed by atoms with van der Waals surface area (Å²) >= 11 is 0. The minimum atomic E-state index is -0.0645. The molecule has 0 unspecified atom stereocenters. The summed E-state index contributed by atoms with van der Waals surface area (Å²) in [6.07, 6.45) is 4.30. The van der Waals surface area contributed by atoms with E-state index in [0.717, 1.165) is 11.3 Å². The van der Waals surface area contributed by atoms with Crippen molar-refractivity contribution in [1.82, 2.24) is 4.57 Å². The Hall–Kier alpha value is -3.21. The zero-order valence-electron chi connectivity index (χ0n) is 13.6. The van der Waals surface area contributed by atoms with E-state index in [9.17, 15) is 4.79 Å². The highest BCUT2D eigenvalue weighted by molar-refractivity contribution is 5.92. The number of rotatable bonds is 4. The number of amides is 1. The van der Waals surface area contributed by atoms with Gasteiger partial charge in [-0.1, -0.05) is 12.1 Å². The minimum Gasteiger partial charge on any atom is -0.486 e. The molecule has 25 heavy (non-hydrogen) atoms. The molecule has 4 rings (SSSR count). The van der Waals surface area contributed by atoms with Crippen LogP contribution in [0.4, 0.5) is 5.69 Å². The fourth-order valence-corrected chi connectivity index (χ4v) is 2.80. The third kappa shape index (κ3) is 3.50. The summed E-state index contributed by atoms with van der Waals surface area (Å²) in [5, 5.41) is 2.90. The number of hydrogen-bond acceptors (Lipinski definition) is 3. The molecule has 0 saturated heterocycles. The van der Waals surface area contributed by atoms with E-state index in [0.29, 0.717) is 36.8 Å². The molecule has 126 valence electrons. The van der Waals surface area contributed by atoms with Gasteiger partial charge in [-0.3, -0.25) is 4.79 Å². The Morgan fingerprint density at radius 2 is 1.68 bits per heavy atom. The number of carbonyl (C=O) groups is 1. The van der Waals surface area contributed by atoms with Crippen LogP contribution in [0.2, 0.25) is 0 Å². The van der Waals surface area contributed by atoms with Crippen molar-refractivity contribution in [2.24, 2.45) is 0 Å². The van der Waals surface area contributed by atoms with Crippen LogP contribution in [-0.2, 0) is 11.2 Å². The second-order valence-electron chi connectivity index (χ2n) is 5.84. The molecule has 0 spiro atoms. The third-order valence-corrected chi connectivity index (χ3v) is 4.03. The Labute approximate surface area is 145 Å². The van der Waals surface area contributed by atoms with E-state index in [4.69, 9.17) is 9.47 Å². The van der Waals surface area contributed by atoms with Gasteiger partial charge in [0, 0.05) is 29.8 Å². The maximum Gasteiger partial charge on any atom is 0.228 e. The average Bonchev–Trinajstić information content (AvgIpc) is 3.17. The molecule has 5 nitrogen and oxygen atoms in total. The van der Waals surface area contributed by atoms with Crippen LogP contribution in [0.3, 0.4) is 0 Å². The first-order valence-electron chi connectivity index (χ1n) is 8.20. The van der Waals surface area contributed by atoms with Gasteiger partial charge >= 0.3 is 0 Å². The van der Waals surface area contributed by atoms with Crippen molar-refractivity contribution in [2.45, 2.75) is 6.42 Å². The largest absolute Gasteiger partial charge is 0.486 e. The van der Waals surface area contributed by atoms with E-state index in [1.54, 1.807) is 6.07 Å². The zero-order valence-corrected chi connectivity index (χ0v) is 13.6. The van der Waals surface area contributed by atoms with Crippen molar-refractivity contribution in [2.75, 3.05) is 18.5 Å². The number of fused-ring (bicyclic) bond motifs is 1. The maximum absolute atomic E-state index is 12.3. The normalized spacial score (nSPS) is 12.6. The predicted octanol–water partition coefficient (Wildman–Crippen LogP) is 3.43. The monoisotopic (exact) mass is 334 g/mol. The van der Waals surface area contributed by atoms with Gasteiger partial charge in [-0.15, -0.1) is 0 Å². The second-order valence-corrected chi connectivity index (χ2v) is 5.84. The first-order valence-corrected chi connectivity index (χ1v) is 8.20. The molecule has 0 aliphatic carbocycles. The summed E-state index contributed by atoms with van der Waals surface area (Å²) in [6, 6.07) is 17.3. The molecule has 2 aromatic carbocycles. The molecule has 0 fully saturated rings. The molecule has 1 aliphatic heterocycles. The first-order chi connectivity index (χ1) is 12.3. The molecule has 1 aromatic heterocycles. The Bertz CT molecular complexity index is 870. The molecule has 3 aromatic rings. The lowest BCUT2D eigenvalue weighted by Crippen LogP contribution is -2.17. The van der Waals surface area contributed by atoms with Crippen LogP contribution in [-0.4, -0.2) is 23.7 Å². The third-order valence-electron chi connectivity index (χ3n) is 4.03. The summed E-state index contributed by atoms with van der Waals surface area (Å²) < 4.78 is 13.0. The van der Waals surface area contributed by atoms with Gasteiger partial charge in [0.2, 0.25) is 5.91 Å². The Morgan fingerprint density at radius 3 is 2.44 bits per heavy atom. The van der Waals surface area contributed by atoms with E-state index in [2.05, 4.69) is 5.32 Å². The minimum absolute atomic E-state index is 0.0645. The van der Waals surface area contributed by atoms with Crippen LogP contribution >= 0.6 is 0 Å². The summed E-state index contributed by atoms with van der Waals surface area (Å²) in [5.74, 6) is 1.32. The van der Waals surface area contributed by atoms with Crippen molar-refractivity contribution in [3.63, 3.8) is 0 Å². The highest BCUT2D eigenvalue weighted by Gasteiger charge is 2.13. The number of benzene rings is 2. The predicted molar refractivity (Wildman–Crippen MR) is 95.5 cm³/mol. The van der Waals surface area contributed by atoms with E-state index in [1.165, 1.54) is 0 Å². The number of nitrogens with one attached hydrogen (secondary N) is 1. The SMILES string of the molecule is O=C(Cc1ccc(-n2cccc2)cc1)Nc1ccc2c(c1)OCCO2. The van der Waals surface area contributed by atoms with Gasteiger partial charge in [0.05, 0.1) is 6.42 Å². The molecule has 5 heteroatoms. The maximum atomic E-state index is 12.3. The van der Waals surface area contributed by atoms with E-state index in [1.807, 2.05) is 65.5 Å². The number of ether oxygens (including phenoxy) is 2. The Kier molecular flexibility index (Phi) is 4.12. The first kappa shape index (κ1) is 15.3. The van der Waals surface area contributed by atoms with Crippen LogP contribution in [0, 0.1) is 0 Å². The Morgan fingerprint density at radius 1 is 0.960 bits per heavy atom. The van der Waals surface area contributed by atoms with Crippen molar-refractivity contribution < 1.29 is 14.3 Å². The van der Waals surface area contributed by atoms with Crippen LogP contribution < -0.4 is 14.8 Å². The molecular weight excluding hydrogens is 316 g/mol. The molecule has 1 aliphatic rings. The Balaban J connectivity index is 1.40. The topological polar surface area (TPSA) is 52.5 Å². The van der Waals surface area contributed by atoms with Crippen molar-refractivity contribution in [3.8, 4) is 17.2 Å². The van der Waals surface area contributed by atoms with E-state index in [-0.39, 0.29) is 5.91 Å². The summed E-state index contributed by atoms with van der Waals surface area (Å²) in [6.45, 7) is 1.08. The summed E-state index contributed by atoms with van der Waals surface area (Å²) in [4.78, 5) is 12.3. The zero-order chi connectivity index (χ0) is 17.1. The van der Waals surface area contributed by atoms with Crippen LogP contribution in [0.25, 0.3) is 5.69 Å². The lowest BCUT2D eigenvalue weighted by molar-refractivity contribution is -0.115. The van der Waals surface area contributed by atoms with Crippen molar-refractivity contribution in [1.29, 1.82) is 0 Å². The quantitative estimate of drug-likeness (QED) is 0.795. The molecule has 0 radical (unpaired) electrons. The number of carbonyl (C=O) groups excluding carboxylic acids is 1. The lowest BCUT2D eigenvalue weighted by Gasteiger charge is -2.19. The van der Waals surface area contributed by atoms with E-state index >= 15 is 0 Å². The van der Waals surface area contributed by atoms with Gasteiger partial charge in [-0.05, 0) is 42.0 Å². The standard InChI is InChI=1S/C20H18N2O3/c23-20(21-16-5-8-18-19(14-16)25-12-11-24-18)13-15-3-6-17(7-4-15)22-9-1-2-10-22/h1-10,14H,11-13H2,(H,21,23). The smallest absolute Gasteiger partial charge is 0.228 e. The van der Waals surface area contributed by atoms with Crippen LogP contribution in [0.15, 0.2) is 67.0 Å². The van der Waals surface area contributed by atoms with E-state index < -0.39 is 0 Å². The molecule has 0 saturated carbocycles. The molecular formula is C20H18N2O3. The van der Waals surface area contributed by atoms with Crippen LogP contribution in [0.5, 0.6) is 11.5 Å². The van der Waals surface area contributed by atoms with Gasteiger partial charge in [0.1, 0.15) is 13.2 Å². The lowest BCUT2D eigenvalue weighted by atomic mass is 10.1. The number of aromatic nitrogens is 1. The molecule has 1 amide bonds. The highest BCUT2D eigenvalue weighted by Crippen LogP contribution is 2.32. The number of anilines is 1. The van der Waals surface area contributed by atoms with Gasteiger partial charge in [-0.25, -0.2) is 0 Å². The fraction of sp³-hybridized carbons (Fsp3) is 0.150. The van der Waals surface area contributed by atoms with Crippen molar-refractivity contribution >= 4 is 11.6 Å². The molecule has 0 bridgehead atoms. The fourth-order valence-electron chi connectivity index (χ4n) is 2.80. The molecule has 2 heterocycles. The molecule has 1 N–H and O–H groups in total. The summed E-state index contributed by atoms with van der Waals surface area (Å²) in [7, 11) is 0. The van der Waals surface area contributed by atoms with Gasteiger partial charge in [-0.2, -0.15) is 0 Å². The average molecular weight is 334 g/mol. The number of hydrogen-bond donors (Lipinski definition) is 1.